The van der Waals surface area contributed by atoms with Gasteiger partial charge in [0.25, 0.3) is 0 Å². The van der Waals surface area contributed by atoms with Crippen LogP contribution in [0.3, 0.4) is 0 Å². The molecule has 1 aliphatic rings. The molecule has 0 radical (unpaired) electrons. The summed E-state index contributed by atoms with van der Waals surface area (Å²) in [5.41, 5.74) is 0. The van der Waals surface area contributed by atoms with Crippen LogP contribution >= 0.6 is 0 Å². The minimum Gasteiger partial charge on any atom is -0.355 e. The Morgan fingerprint density at radius 2 is 2.21 bits per heavy atom. The number of aromatic nitrogens is 3. The smallest absolute Gasteiger partial charge is 0.244 e. The number of anilines is 1. The molecule has 1 aliphatic heterocycles. The van der Waals surface area contributed by atoms with Crippen LogP contribution in [-0.4, -0.2) is 42.7 Å². The summed E-state index contributed by atoms with van der Waals surface area (Å²) < 4.78 is 33.0. The van der Waals surface area contributed by atoms with E-state index in [9.17, 15) is 8.42 Å². The Morgan fingerprint density at radius 3 is 2.88 bits per heavy atom. The second-order valence-electron chi connectivity index (χ2n) is 6.21. The lowest BCUT2D eigenvalue weighted by Gasteiger charge is -2.20. The highest BCUT2D eigenvalue weighted by Gasteiger charge is 2.32. The summed E-state index contributed by atoms with van der Waals surface area (Å²) in [6.45, 7) is 6.64. The molecule has 2 aromatic rings. The Labute approximate surface area is 141 Å². The normalized spacial score (nSPS) is 18.5. The quantitative estimate of drug-likeness (QED) is 0.870. The summed E-state index contributed by atoms with van der Waals surface area (Å²) in [7, 11) is -3.61. The minimum atomic E-state index is -3.61. The van der Waals surface area contributed by atoms with Crippen LogP contribution < -0.4 is 9.62 Å². The Hall–Kier alpha value is -2.00. The van der Waals surface area contributed by atoms with Crippen molar-refractivity contribution in [3.8, 4) is 0 Å². The van der Waals surface area contributed by atoms with Crippen LogP contribution in [0.15, 0.2) is 27.7 Å². The first-order chi connectivity index (χ1) is 11.4. The van der Waals surface area contributed by atoms with Crippen molar-refractivity contribution < 1.29 is 12.9 Å². The van der Waals surface area contributed by atoms with E-state index in [1.54, 1.807) is 39.1 Å². The highest BCUT2D eigenvalue weighted by Crippen LogP contribution is 2.32. The van der Waals surface area contributed by atoms with Crippen molar-refractivity contribution >= 4 is 15.8 Å². The summed E-state index contributed by atoms with van der Waals surface area (Å²) in [4.78, 5) is 10.7. The van der Waals surface area contributed by atoms with Crippen LogP contribution in [0.1, 0.15) is 37.9 Å². The first-order valence-corrected chi connectivity index (χ1v) is 9.37. The number of sulfonamides is 1. The van der Waals surface area contributed by atoms with Gasteiger partial charge in [0.15, 0.2) is 5.82 Å². The molecule has 3 rings (SSSR count). The van der Waals surface area contributed by atoms with Crippen molar-refractivity contribution in [2.24, 2.45) is 0 Å². The number of nitrogens with one attached hydrogen (secondary N) is 1. The molecule has 1 saturated heterocycles. The van der Waals surface area contributed by atoms with Crippen LogP contribution in [0, 0.1) is 6.92 Å². The van der Waals surface area contributed by atoms with Gasteiger partial charge in [0.2, 0.25) is 15.9 Å². The van der Waals surface area contributed by atoms with Gasteiger partial charge in [-0.3, -0.25) is 0 Å². The van der Waals surface area contributed by atoms with Crippen LogP contribution in [-0.2, 0) is 10.0 Å². The van der Waals surface area contributed by atoms with E-state index in [4.69, 9.17) is 4.52 Å². The standard InChI is InChI=1S/C15H21N5O3S/c1-10(2)19-24(21,22)13-5-4-7-16-14(13)20-8-6-12(9-20)15-17-11(3)18-23-15/h4-5,7,10,12,19H,6,8-9H2,1-3H3. The molecule has 8 nitrogen and oxygen atoms in total. The van der Waals surface area contributed by atoms with Crippen molar-refractivity contribution in [2.45, 2.75) is 44.0 Å². The Balaban J connectivity index is 1.86. The van der Waals surface area contributed by atoms with Crippen molar-refractivity contribution in [1.29, 1.82) is 0 Å². The van der Waals surface area contributed by atoms with Gasteiger partial charge in [0, 0.05) is 25.3 Å². The molecule has 2 aromatic heterocycles. The molecule has 130 valence electrons. The minimum absolute atomic E-state index is 0.0850. The third-order valence-electron chi connectivity index (χ3n) is 3.81. The van der Waals surface area contributed by atoms with E-state index in [2.05, 4.69) is 19.8 Å². The molecule has 0 amide bonds. The fourth-order valence-corrected chi connectivity index (χ4v) is 4.26. The maximum Gasteiger partial charge on any atom is 0.244 e. The summed E-state index contributed by atoms with van der Waals surface area (Å²) in [6, 6.07) is 3.03. The molecule has 0 spiro atoms. The zero-order chi connectivity index (χ0) is 17.3. The molecule has 1 unspecified atom stereocenters. The van der Waals surface area contributed by atoms with Gasteiger partial charge in [-0.1, -0.05) is 5.16 Å². The number of hydrogen-bond acceptors (Lipinski definition) is 7. The maximum absolute atomic E-state index is 12.6. The molecule has 1 atom stereocenters. The summed E-state index contributed by atoms with van der Waals surface area (Å²) in [6.07, 6.45) is 2.42. The zero-order valence-corrected chi connectivity index (χ0v) is 14.7. The molecule has 0 saturated carbocycles. The molecule has 0 aromatic carbocycles. The van der Waals surface area contributed by atoms with Crippen molar-refractivity contribution in [1.82, 2.24) is 19.8 Å². The highest BCUT2D eigenvalue weighted by molar-refractivity contribution is 7.89. The van der Waals surface area contributed by atoms with E-state index in [-0.39, 0.29) is 16.9 Å². The van der Waals surface area contributed by atoms with E-state index in [1.807, 2.05) is 4.90 Å². The monoisotopic (exact) mass is 351 g/mol. The van der Waals surface area contributed by atoms with Gasteiger partial charge in [-0.15, -0.1) is 0 Å². The first kappa shape index (κ1) is 16.8. The molecule has 3 heterocycles. The third-order valence-corrected chi connectivity index (χ3v) is 5.49. The predicted molar refractivity (Wildman–Crippen MR) is 88.3 cm³/mol. The number of aryl methyl sites for hydroxylation is 1. The second-order valence-corrected chi connectivity index (χ2v) is 7.89. The van der Waals surface area contributed by atoms with Gasteiger partial charge in [0.05, 0.1) is 5.92 Å². The lowest BCUT2D eigenvalue weighted by atomic mass is 10.1. The fraction of sp³-hybridized carbons (Fsp3) is 0.533. The summed E-state index contributed by atoms with van der Waals surface area (Å²) >= 11 is 0. The zero-order valence-electron chi connectivity index (χ0n) is 13.9. The lowest BCUT2D eigenvalue weighted by Crippen LogP contribution is -2.32. The van der Waals surface area contributed by atoms with Gasteiger partial charge >= 0.3 is 0 Å². The van der Waals surface area contributed by atoms with Gasteiger partial charge < -0.3 is 9.42 Å². The van der Waals surface area contributed by atoms with Crippen molar-refractivity contribution in [2.75, 3.05) is 18.0 Å². The average molecular weight is 351 g/mol. The Morgan fingerprint density at radius 1 is 1.42 bits per heavy atom. The van der Waals surface area contributed by atoms with Crippen LogP contribution in [0.2, 0.25) is 0 Å². The number of pyridine rings is 1. The van der Waals surface area contributed by atoms with E-state index in [0.717, 1.165) is 6.42 Å². The molecule has 0 aliphatic carbocycles. The van der Waals surface area contributed by atoms with Gasteiger partial charge in [0.1, 0.15) is 10.7 Å². The maximum atomic E-state index is 12.6. The largest absolute Gasteiger partial charge is 0.355 e. The Bertz CT molecular complexity index is 818. The second kappa shape index (κ2) is 6.48. The van der Waals surface area contributed by atoms with Crippen LogP contribution in [0.5, 0.6) is 0 Å². The van der Waals surface area contributed by atoms with Crippen molar-refractivity contribution in [3.05, 3.63) is 30.0 Å². The number of hydrogen-bond donors (Lipinski definition) is 1. The number of nitrogens with zero attached hydrogens (tertiary/aromatic N) is 4. The fourth-order valence-electron chi connectivity index (χ4n) is 2.84. The molecule has 1 N–H and O–H groups in total. The Kier molecular flexibility index (Phi) is 4.55. The SMILES string of the molecule is Cc1noc(C2CCN(c3ncccc3S(=O)(=O)NC(C)C)C2)n1. The molecular weight excluding hydrogens is 330 g/mol. The van der Waals surface area contributed by atoms with Crippen LogP contribution in [0.4, 0.5) is 5.82 Å². The highest BCUT2D eigenvalue weighted by atomic mass is 32.2. The van der Waals surface area contributed by atoms with Gasteiger partial charge in [-0.2, -0.15) is 4.98 Å². The summed E-state index contributed by atoms with van der Waals surface area (Å²) in [5.74, 6) is 1.74. The van der Waals surface area contributed by atoms with Crippen molar-refractivity contribution in [3.63, 3.8) is 0 Å². The lowest BCUT2D eigenvalue weighted by molar-refractivity contribution is 0.356. The average Bonchev–Trinajstić information content (AvgIpc) is 3.14. The van der Waals surface area contributed by atoms with E-state index in [1.165, 1.54) is 0 Å². The topological polar surface area (TPSA) is 101 Å². The van der Waals surface area contributed by atoms with Gasteiger partial charge in [-0.05, 0) is 39.3 Å². The van der Waals surface area contributed by atoms with Crippen LogP contribution in [0.25, 0.3) is 0 Å². The van der Waals surface area contributed by atoms with E-state index >= 15 is 0 Å². The molecular formula is C15H21N5O3S. The molecule has 24 heavy (non-hydrogen) atoms. The third kappa shape index (κ3) is 3.41. The number of rotatable bonds is 5. The molecule has 0 bridgehead atoms. The first-order valence-electron chi connectivity index (χ1n) is 7.89. The molecule has 9 heteroatoms. The summed E-state index contributed by atoms with van der Waals surface area (Å²) in [5, 5.41) is 3.82. The van der Waals surface area contributed by atoms with E-state index < -0.39 is 10.0 Å². The van der Waals surface area contributed by atoms with Gasteiger partial charge in [-0.25, -0.2) is 18.1 Å². The predicted octanol–water partition coefficient (Wildman–Crippen LogP) is 1.45. The molecule has 1 fully saturated rings. The van der Waals surface area contributed by atoms with E-state index in [0.29, 0.717) is 30.6 Å².